The fourth-order valence-electron chi connectivity index (χ4n) is 4.17. The molecule has 0 bridgehead atoms. The molecular formula is C26H27N9O3. The smallest absolute Gasteiger partial charge is 0.255 e. The Morgan fingerprint density at radius 3 is 2.74 bits per heavy atom. The van der Waals surface area contributed by atoms with Gasteiger partial charge in [0.15, 0.2) is 5.65 Å². The molecular weight excluding hydrogens is 486 g/mol. The molecule has 194 valence electrons. The molecule has 0 saturated heterocycles. The van der Waals surface area contributed by atoms with Crippen LogP contribution in [0.3, 0.4) is 0 Å². The quantitative estimate of drug-likeness (QED) is 0.263. The average Bonchev–Trinajstić information content (AvgIpc) is 3.52. The second-order valence-corrected chi connectivity index (χ2v) is 8.78. The number of anilines is 2. The molecule has 0 fully saturated rings. The lowest BCUT2D eigenvalue weighted by Gasteiger charge is -2.17. The zero-order valence-corrected chi connectivity index (χ0v) is 20.9. The molecule has 0 aliphatic rings. The van der Waals surface area contributed by atoms with E-state index in [9.17, 15) is 4.79 Å². The minimum Gasteiger partial charge on any atom is -0.489 e. The van der Waals surface area contributed by atoms with E-state index >= 15 is 0 Å². The van der Waals surface area contributed by atoms with Gasteiger partial charge < -0.3 is 26.2 Å². The molecule has 5 rings (SSSR count). The van der Waals surface area contributed by atoms with Crippen LogP contribution in [0.4, 0.5) is 11.5 Å². The summed E-state index contributed by atoms with van der Waals surface area (Å²) in [6, 6.07) is 8.76. The van der Waals surface area contributed by atoms with Crippen LogP contribution in [0.15, 0.2) is 61.4 Å². The number of pyridine rings is 1. The van der Waals surface area contributed by atoms with Crippen molar-refractivity contribution in [3.05, 3.63) is 72.6 Å². The van der Waals surface area contributed by atoms with Crippen LogP contribution in [0.5, 0.6) is 5.75 Å². The van der Waals surface area contributed by atoms with Gasteiger partial charge in [-0.05, 0) is 24.3 Å². The third kappa shape index (κ3) is 4.72. The number of ether oxygens (including phenoxy) is 1. The summed E-state index contributed by atoms with van der Waals surface area (Å²) < 4.78 is 9.56. The number of rotatable bonds is 8. The van der Waals surface area contributed by atoms with Crippen molar-refractivity contribution in [1.82, 2.24) is 34.2 Å². The molecule has 12 nitrogen and oxygen atoms in total. The number of aliphatic hydroxyl groups excluding tert-OH is 1. The summed E-state index contributed by atoms with van der Waals surface area (Å²) in [5.41, 5.74) is 16.8. The molecule has 1 aromatic carbocycles. The second kappa shape index (κ2) is 10.2. The van der Waals surface area contributed by atoms with E-state index in [0.717, 1.165) is 22.5 Å². The molecule has 0 atom stereocenters. The van der Waals surface area contributed by atoms with Crippen molar-refractivity contribution >= 4 is 28.4 Å². The number of hydrogen-bond acceptors (Lipinski definition) is 9. The summed E-state index contributed by atoms with van der Waals surface area (Å²) in [6.07, 6.45) is 8.65. The van der Waals surface area contributed by atoms with Gasteiger partial charge in [-0.25, -0.2) is 9.97 Å². The Hall–Kier alpha value is -4.97. The molecule has 5 aromatic rings. The van der Waals surface area contributed by atoms with E-state index in [2.05, 4.69) is 20.1 Å². The first kappa shape index (κ1) is 24.7. The normalized spacial score (nSPS) is 11.1. The highest BCUT2D eigenvalue weighted by Crippen LogP contribution is 2.33. The van der Waals surface area contributed by atoms with Crippen LogP contribution in [0, 0.1) is 0 Å². The minimum absolute atomic E-state index is 0.125. The van der Waals surface area contributed by atoms with Gasteiger partial charge in [0.2, 0.25) is 0 Å². The number of nitrogens with zero attached hydrogens (tertiary/aromatic N) is 7. The molecule has 0 aliphatic carbocycles. The van der Waals surface area contributed by atoms with E-state index in [-0.39, 0.29) is 25.7 Å². The molecule has 0 aliphatic heterocycles. The van der Waals surface area contributed by atoms with Crippen LogP contribution in [-0.4, -0.2) is 65.4 Å². The summed E-state index contributed by atoms with van der Waals surface area (Å²) in [4.78, 5) is 26.9. The molecule has 5 N–H and O–H groups in total. The molecule has 4 heterocycles. The van der Waals surface area contributed by atoms with E-state index in [1.807, 2.05) is 36.1 Å². The standard InChI is InChI=1S/C26H27N9O3/c1-33(7-8-36)26(37)19-4-3-18(10-21(19)27)38-14-16-9-17(12-29-11-16)35-13-20(22-5-6-34(2)32-22)23-24(28)30-15-31-25(23)35/h3-6,9-13,15,36H,7-8,14,27H2,1-2H3,(H2,28,30,31). The van der Waals surface area contributed by atoms with Crippen LogP contribution >= 0.6 is 0 Å². The van der Waals surface area contributed by atoms with Crippen LogP contribution in [0.25, 0.3) is 28.0 Å². The number of aliphatic hydroxyl groups is 1. The first-order valence-corrected chi connectivity index (χ1v) is 11.8. The Morgan fingerprint density at radius 1 is 1.16 bits per heavy atom. The van der Waals surface area contributed by atoms with E-state index in [4.69, 9.17) is 21.3 Å². The van der Waals surface area contributed by atoms with E-state index in [1.54, 1.807) is 42.3 Å². The number of amides is 1. The largest absolute Gasteiger partial charge is 0.489 e. The maximum Gasteiger partial charge on any atom is 0.255 e. The summed E-state index contributed by atoms with van der Waals surface area (Å²) in [6.45, 7) is 0.319. The van der Waals surface area contributed by atoms with Gasteiger partial charge in [0.25, 0.3) is 5.91 Å². The maximum absolute atomic E-state index is 12.5. The van der Waals surface area contributed by atoms with Gasteiger partial charge in [-0.3, -0.25) is 19.0 Å². The number of aromatic nitrogens is 6. The summed E-state index contributed by atoms with van der Waals surface area (Å²) in [5.74, 6) is 0.607. The molecule has 38 heavy (non-hydrogen) atoms. The molecule has 4 aromatic heterocycles. The topological polar surface area (TPSA) is 163 Å². The third-order valence-corrected chi connectivity index (χ3v) is 6.10. The SMILES string of the molecule is CN(CCO)C(=O)c1ccc(OCc2cncc(-n3cc(-c4ccn(C)n4)c4c(N)ncnc43)c2)cc1N. The highest BCUT2D eigenvalue weighted by atomic mass is 16.5. The van der Waals surface area contributed by atoms with Crippen LogP contribution in [0.2, 0.25) is 0 Å². The molecule has 0 radical (unpaired) electrons. The zero-order valence-electron chi connectivity index (χ0n) is 20.9. The Kier molecular flexibility index (Phi) is 6.62. The Bertz CT molecular complexity index is 1630. The fraction of sp³-hybridized carbons (Fsp3) is 0.192. The number of aryl methyl sites for hydroxylation is 1. The average molecular weight is 514 g/mol. The molecule has 1 amide bonds. The van der Waals surface area contributed by atoms with Crippen LogP contribution in [-0.2, 0) is 13.7 Å². The van der Waals surface area contributed by atoms with Gasteiger partial charge in [-0.1, -0.05) is 0 Å². The fourth-order valence-corrected chi connectivity index (χ4v) is 4.17. The third-order valence-electron chi connectivity index (χ3n) is 6.10. The van der Waals surface area contributed by atoms with Crippen molar-refractivity contribution in [1.29, 1.82) is 0 Å². The summed E-state index contributed by atoms with van der Waals surface area (Å²) >= 11 is 0. The van der Waals surface area contributed by atoms with Crippen molar-refractivity contribution in [2.45, 2.75) is 6.61 Å². The van der Waals surface area contributed by atoms with E-state index in [1.165, 1.54) is 11.2 Å². The monoisotopic (exact) mass is 513 g/mol. The second-order valence-electron chi connectivity index (χ2n) is 8.78. The van der Waals surface area contributed by atoms with Crippen molar-refractivity contribution in [2.24, 2.45) is 7.05 Å². The Labute approximate surface area is 218 Å². The number of nitrogen functional groups attached to an aromatic ring is 2. The van der Waals surface area contributed by atoms with Crippen LogP contribution < -0.4 is 16.2 Å². The Balaban J connectivity index is 1.40. The minimum atomic E-state index is -0.270. The summed E-state index contributed by atoms with van der Waals surface area (Å²) in [7, 11) is 3.46. The number of carbonyl (C=O) groups is 1. The van der Waals surface area contributed by atoms with Gasteiger partial charge >= 0.3 is 0 Å². The van der Waals surface area contributed by atoms with Gasteiger partial charge in [-0.15, -0.1) is 0 Å². The number of carbonyl (C=O) groups excluding carboxylic acids is 1. The van der Waals surface area contributed by atoms with Gasteiger partial charge in [-0.2, -0.15) is 5.10 Å². The maximum atomic E-state index is 12.5. The number of nitrogens with two attached hydrogens (primary N) is 2. The summed E-state index contributed by atoms with van der Waals surface area (Å²) in [5, 5.41) is 14.3. The first-order chi connectivity index (χ1) is 18.4. The van der Waals surface area contributed by atoms with Crippen molar-refractivity contribution in [2.75, 3.05) is 31.7 Å². The van der Waals surface area contributed by atoms with Crippen LogP contribution in [0.1, 0.15) is 15.9 Å². The highest BCUT2D eigenvalue weighted by molar-refractivity contribution is 6.01. The molecule has 0 spiro atoms. The number of benzene rings is 1. The predicted octanol–water partition coefficient (Wildman–Crippen LogP) is 2.02. The van der Waals surface area contributed by atoms with Gasteiger partial charge in [0, 0.05) is 62.1 Å². The lowest BCUT2D eigenvalue weighted by molar-refractivity contribution is 0.0768. The lowest BCUT2D eigenvalue weighted by atomic mass is 10.1. The number of hydrogen-bond donors (Lipinski definition) is 3. The van der Waals surface area contributed by atoms with E-state index in [0.29, 0.717) is 33.9 Å². The lowest BCUT2D eigenvalue weighted by Crippen LogP contribution is -2.30. The first-order valence-electron chi connectivity index (χ1n) is 11.8. The van der Waals surface area contributed by atoms with Gasteiger partial charge in [0.05, 0.1) is 35.1 Å². The zero-order chi connectivity index (χ0) is 26.8. The van der Waals surface area contributed by atoms with Crippen molar-refractivity contribution in [3.8, 4) is 22.7 Å². The highest BCUT2D eigenvalue weighted by Gasteiger charge is 2.18. The Morgan fingerprint density at radius 2 is 2.00 bits per heavy atom. The predicted molar refractivity (Wildman–Crippen MR) is 143 cm³/mol. The van der Waals surface area contributed by atoms with Gasteiger partial charge in [0.1, 0.15) is 24.5 Å². The number of likely N-dealkylation sites (N-methyl/N-ethyl adjacent to an activating group) is 1. The number of fused-ring (bicyclic) bond motifs is 1. The van der Waals surface area contributed by atoms with Crippen molar-refractivity contribution < 1.29 is 14.6 Å². The molecule has 0 saturated carbocycles. The van der Waals surface area contributed by atoms with E-state index < -0.39 is 0 Å². The molecule has 12 heteroatoms. The van der Waals surface area contributed by atoms with Crippen molar-refractivity contribution in [3.63, 3.8) is 0 Å². The molecule has 0 unspecified atom stereocenters.